The average Bonchev–Trinajstić information content (AvgIpc) is 2.88. The van der Waals surface area contributed by atoms with Gasteiger partial charge in [0.25, 0.3) is 0 Å². The normalized spacial score (nSPS) is 18.9. The first kappa shape index (κ1) is 25.5. The fraction of sp³-hybridized carbons (Fsp3) is 0.379. The summed E-state index contributed by atoms with van der Waals surface area (Å²) in [6, 6.07) is 13.4. The van der Waals surface area contributed by atoms with Gasteiger partial charge in [0.2, 0.25) is 11.5 Å². The Bertz CT molecular complexity index is 1220. The summed E-state index contributed by atoms with van der Waals surface area (Å²) in [4.78, 5) is 0. The summed E-state index contributed by atoms with van der Waals surface area (Å²) in [6.45, 7) is 4.70. The summed E-state index contributed by atoms with van der Waals surface area (Å²) in [7, 11) is 6.04. The lowest BCUT2D eigenvalue weighted by Gasteiger charge is -2.35. The lowest BCUT2D eigenvalue weighted by Crippen LogP contribution is -2.25. The number of hydrogen-bond acceptors (Lipinski definition) is 7. The Labute approximate surface area is 212 Å². The van der Waals surface area contributed by atoms with Crippen LogP contribution in [0.1, 0.15) is 36.6 Å². The quantitative estimate of drug-likeness (QED) is 0.424. The maximum atomic E-state index is 11.0. The molecular weight excluding hydrogens is 460 g/mol. The van der Waals surface area contributed by atoms with Crippen LogP contribution < -0.4 is 18.9 Å². The molecule has 0 fully saturated rings. The molecule has 0 saturated carbocycles. The number of methoxy groups -OCH3 is 4. The van der Waals surface area contributed by atoms with Crippen LogP contribution in [0.2, 0.25) is 0 Å². The molecule has 0 heterocycles. The monoisotopic (exact) mass is 494 g/mol. The second kappa shape index (κ2) is 10.6. The SMILES string of the molecule is COc1c(O)cc2c(c1OC)-c1c(cc(O)c(OC)c1OC)C(OCc1ccccc1)C(C)C(C)C2. The first-order valence-corrected chi connectivity index (χ1v) is 12.0. The molecule has 3 unspecified atom stereocenters. The van der Waals surface area contributed by atoms with E-state index in [0.29, 0.717) is 35.7 Å². The van der Waals surface area contributed by atoms with Crippen molar-refractivity contribution in [3.63, 3.8) is 0 Å². The van der Waals surface area contributed by atoms with Crippen LogP contribution in [-0.4, -0.2) is 38.7 Å². The molecule has 0 radical (unpaired) electrons. The van der Waals surface area contributed by atoms with Gasteiger partial charge in [-0.15, -0.1) is 0 Å². The zero-order valence-electron chi connectivity index (χ0n) is 21.6. The Morgan fingerprint density at radius 1 is 0.750 bits per heavy atom. The number of phenols is 2. The van der Waals surface area contributed by atoms with Crippen LogP contribution in [0.25, 0.3) is 11.1 Å². The lowest BCUT2D eigenvalue weighted by atomic mass is 9.76. The van der Waals surface area contributed by atoms with E-state index in [0.717, 1.165) is 16.7 Å². The van der Waals surface area contributed by atoms with Gasteiger partial charge < -0.3 is 33.9 Å². The van der Waals surface area contributed by atoms with E-state index in [1.54, 1.807) is 12.1 Å². The predicted molar refractivity (Wildman–Crippen MR) is 137 cm³/mol. The molecule has 0 spiro atoms. The maximum Gasteiger partial charge on any atom is 0.203 e. The van der Waals surface area contributed by atoms with Gasteiger partial charge in [-0.25, -0.2) is 0 Å². The first-order valence-electron chi connectivity index (χ1n) is 12.0. The van der Waals surface area contributed by atoms with Gasteiger partial charge in [-0.3, -0.25) is 0 Å². The number of benzene rings is 3. The molecule has 3 aromatic carbocycles. The molecule has 1 aliphatic rings. The van der Waals surface area contributed by atoms with Crippen LogP contribution in [0.15, 0.2) is 42.5 Å². The molecule has 0 bridgehead atoms. The predicted octanol–water partition coefficient (Wildman–Crippen LogP) is 5.89. The van der Waals surface area contributed by atoms with E-state index >= 15 is 0 Å². The van der Waals surface area contributed by atoms with Crippen molar-refractivity contribution in [3.05, 3.63) is 59.2 Å². The van der Waals surface area contributed by atoms with Crippen molar-refractivity contribution >= 4 is 0 Å². The number of phenolic OH excluding ortho intramolecular Hbond substituents is 2. The molecule has 3 atom stereocenters. The Morgan fingerprint density at radius 3 is 1.89 bits per heavy atom. The molecule has 1 aliphatic carbocycles. The molecule has 2 N–H and O–H groups in total. The highest BCUT2D eigenvalue weighted by molar-refractivity contribution is 5.88. The highest BCUT2D eigenvalue weighted by atomic mass is 16.5. The molecule has 36 heavy (non-hydrogen) atoms. The second-order valence-electron chi connectivity index (χ2n) is 9.18. The van der Waals surface area contributed by atoms with Crippen LogP contribution in [0.3, 0.4) is 0 Å². The Morgan fingerprint density at radius 2 is 1.31 bits per heavy atom. The van der Waals surface area contributed by atoms with Crippen LogP contribution in [0, 0.1) is 11.8 Å². The third-order valence-electron chi connectivity index (χ3n) is 7.11. The minimum absolute atomic E-state index is 0.00309. The number of fused-ring (bicyclic) bond motifs is 3. The Kier molecular flexibility index (Phi) is 7.50. The van der Waals surface area contributed by atoms with Crippen LogP contribution >= 0.6 is 0 Å². The zero-order chi connectivity index (χ0) is 26.0. The van der Waals surface area contributed by atoms with Crippen molar-refractivity contribution in [1.82, 2.24) is 0 Å². The molecule has 0 amide bonds. The summed E-state index contributed by atoms with van der Waals surface area (Å²) >= 11 is 0. The van der Waals surface area contributed by atoms with Crippen molar-refractivity contribution in [1.29, 1.82) is 0 Å². The van der Waals surface area contributed by atoms with Gasteiger partial charge in [0.15, 0.2) is 23.0 Å². The zero-order valence-corrected chi connectivity index (χ0v) is 21.6. The fourth-order valence-corrected chi connectivity index (χ4v) is 5.14. The number of hydrogen-bond donors (Lipinski definition) is 2. The number of rotatable bonds is 7. The molecule has 0 aliphatic heterocycles. The van der Waals surface area contributed by atoms with E-state index in [1.807, 2.05) is 30.3 Å². The topological polar surface area (TPSA) is 86.6 Å². The standard InChI is InChI=1S/C29H34O7/c1-16-12-19-13-21(30)26(32-3)28(34-5)23(19)24-20(14-22(31)27(33-4)29(24)35-6)25(17(16)2)36-15-18-10-8-7-9-11-18/h7-11,13-14,16-17,25,30-31H,12,15H2,1-6H3. The second-order valence-corrected chi connectivity index (χ2v) is 9.18. The van der Waals surface area contributed by atoms with Gasteiger partial charge >= 0.3 is 0 Å². The van der Waals surface area contributed by atoms with Crippen LogP contribution in [0.4, 0.5) is 0 Å². The van der Waals surface area contributed by atoms with Gasteiger partial charge in [-0.2, -0.15) is 0 Å². The first-order chi connectivity index (χ1) is 17.4. The minimum Gasteiger partial charge on any atom is -0.504 e. The van der Waals surface area contributed by atoms with Crippen LogP contribution in [-0.2, 0) is 17.8 Å². The van der Waals surface area contributed by atoms with Gasteiger partial charge in [-0.05, 0) is 47.1 Å². The van der Waals surface area contributed by atoms with E-state index in [-0.39, 0.29) is 40.9 Å². The number of aromatic hydroxyl groups is 2. The van der Waals surface area contributed by atoms with E-state index in [4.69, 9.17) is 23.7 Å². The van der Waals surface area contributed by atoms with Gasteiger partial charge in [0, 0.05) is 11.1 Å². The molecule has 4 rings (SSSR count). The lowest BCUT2D eigenvalue weighted by molar-refractivity contribution is -0.0120. The Hall–Kier alpha value is -3.58. The fourth-order valence-electron chi connectivity index (χ4n) is 5.14. The third kappa shape index (κ3) is 4.39. The Balaban J connectivity index is 2.05. The molecule has 7 heteroatoms. The summed E-state index contributed by atoms with van der Waals surface area (Å²) in [5.74, 6) is 1.35. The molecular formula is C29H34O7. The van der Waals surface area contributed by atoms with E-state index in [9.17, 15) is 10.2 Å². The molecule has 3 aromatic rings. The number of ether oxygens (including phenoxy) is 5. The van der Waals surface area contributed by atoms with Gasteiger partial charge in [0.05, 0.1) is 41.2 Å². The summed E-state index contributed by atoms with van der Waals surface area (Å²) < 4.78 is 29.3. The van der Waals surface area contributed by atoms with E-state index in [1.165, 1.54) is 28.4 Å². The van der Waals surface area contributed by atoms with E-state index < -0.39 is 0 Å². The minimum atomic E-state index is -0.376. The van der Waals surface area contributed by atoms with Crippen molar-refractivity contribution in [2.24, 2.45) is 11.8 Å². The van der Waals surface area contributed by atoms with Crippen LogP contribution in [0.5, 0.6) is 34.5 Å². The van der Waals surface area contributed by atoms with Crippen molar-refractivity contribution < 1.29 is 33.9 Å². The highest BCUT2D eigenvalue weighted by Gasteiger charge is 2.37. The van der Waals surface area contributed by atoms with Crippen molar-refractivity contribution in [3.8, 4) is 45.6 Å². The molecule has 0 aromatic heterocycles. The van der Waals surface area contributed by atoms with Gasteiger partial charge in [0.1, 0.15) is 0 Å². The maximum absolute atomic E-state index is 11.0. The summed E-state index contributed by atoms with van der Waals surface area (Å²) in [5, 5.41) is 21.7. The summed E-state index contributed by atoms with van der Waals surface area (Å²) in [6.07, 6.45) is 0.278. The molecule has 0 saturated heterocycles. The largest absolute Gasteiger partial charge is 0.504 e. The molecule has 7 nitrogen and oxygen atoms in total. The third-order valence-corrected chi connectivity index (χ3v) is 7.11. The van der Waals surface area contributed by atoms with Crippen molar-refractivity contribution in [2.45, 2.75) is 33.0 Å². The smallest absolute Gasteiger partial charge is 0.203 e. The van der Waals surface area contributed by atoms with Crippen molar-refractivity contribution in [2.75, 3.05) is 28.4 Å². The average molecular weight is 495 g/mol. The highest BCUT2D eigenvalue weighted by Crippen LogP contribution is 2.57. The summed E-state index contributed by atoms with van der Waals surface area (Å²) in [5.41, 5.74) is 4.06. The molecule has 192 valence electrons. The van der Waals surface area contributed by atoms with E-state index in [2.05, 4.69) is 13.8 Å². The van der Waals surface area contributed by atoms with Gasteiger partial charge in [-0.1, -0.05) is 44.2 Å².